The van der Waals surface area contributed by atoms with Crippen LogP contribution in [0.25, 0.3) is 0 Å². The molecule has 0 spiro atoms. The van der Waals surface area contributed by atoms with Gasteiger partial charge in [0.05, 0.1) is 0 Å². The first kappa shape index (κ1) is 17.1. The summed E-state index contributed by atoms with van der Waals surface area (Å²) in [6, 6.07) is 5.57. The Hall–Kier alpha value is -0.910. The third kappa shape index (κ3) is 3.05. The minimum atomic E-state index is -2.92. The first-order valence-electron chi connectivity index (χ1n) is 5.85. The Morgan fingerprint density at radius 3 is 2.30 bits per heavy atom. The molecule has 2 rings (SSSR count). The molecule has 1 aromatic rings. The Bertz CT molecular complexity index is 493. The van der Waals surface area contributed by atoms with Gasteiger partial charge in [0.25, 0.3) is 0 Å². The van der Waals surface area contributed by atoms with E-state index in [1.807, 2.05) is 0 Å². The van der Waals surface area contributed by atoms with Crippen molar-refractivity contribution in [3.8, 4) is 0 Å². The minimum Gasteiger partial charge on any atom is -0.479 e. The second-order valence-corrected chi connectivity index (χ2v) is 5.31. The molecule has 1 aromatic carbocycles. The zero-order chi connectivity index (χ0) is 14.3. The van der Waals surface area contributed by atoms with Gasteiger partial charge in [-0.25, -0.2) is 13.6 Å². The molecule has 0 unspecified atom stereocenters. The highest BCUT2D eigenvalue weighted by molar-refractivity contribution is 6.30. The van der Waals surface area contributed by atoms with Crippen molar-refractivity contribution in [2.24, 2.45) is 5.92 Å². The Morgan fingerprint density at radius 1 is 1.35 bits per heavy atom. The highest BCUT2D eigenvalue weighted by Crippen LogP contribution is 2.47. The van der Waals surface area contributed by atoms with Crippen LogP contribution in [0, 0.1) is 5.92 Å². The quantitative estimate of drug-likeness (QED) is 0.894. The molecule has 1 aliphatic carbocycles. The average Bonchev–Trinajstić information content (AvgIpc) is 2.69. The number of carbonyl (C=O) groups is 1. The number of hydrogen-bond donors (Lipinski definition) is 2. The molecule has 0 amide bonds. The second-order valence-electron chi connectivity index (χ2n) is 4.87. The molecule has 0 aliphatic heterocycles. The maximum absolute atomic E-state index is 13.2. The lowest BCUT2D eigenvalue weighted by Gasteiger charge is -2.30. The van der Waals surface area contributed by atoms with E-state index in [2.05, 4.69) is 0 Å². The summed E-state index contributed by atoms with van der Waals surface area (Å²) in [6.45, 7) is 0. The molecule has 1 fully saturated rings. The van der Waals surface area contributed by atoms with Crippen LogP contribution in [0.1, 0.15) is 24.8 Å². The van der Waals surface area contributed by atoms with Crippen LogP contribution in [0.4, 0.5) is 8.78 Å². The molecule has 3 nitrogen and oxygen atoms in total. The summed E-state index contributed by atoms with van der Waals surface area (Å²) in [6.07, 6.45) is -1.06. The van der Waals surface area contributed by atoms with Crippen LogP contribution < -0.4 is 0 Å². The number of rotatable bonds is 3. The summed E-state index contributed by atoms with van der Waals surface area (Å²) in [5.74, 6) is -5.45. The zero-order valence-electron chi connectivity index (χ0n) is 10.4. The first-order valence-corrected chi connectivity index (χ1v) is 6.23. The van der Waals surface area contributed by atoms with Crippen molar-refractivity contribution in [3.63, 3.8) is 0 Å². The summed E-state index contributed by atoms with van der Waals surface area (Å²) in [5.41, 5.74) is -2.23. The minimum absolute atomic E-state index is 0. The third-order valence-electron chi connectivity index (χ3n) is 3.60. The number of halogens is 4. The predicted molar refractivity (Wildman–Crippen MR) is 72.5 cm³/mol. The molecular formula is C13H14Cl2F2O3. The lowest BCUT2D eigenvalue weighted by molar-refractivity contribution is -0.167. The van der Waals surface area contributed by atoms with Crippen LogP contribution in [0.3, 0.4) is 0 Å². The summed E-state index contributed by atoms with van der Waals surface area (Å²) < 4.78 is 26.5. The third-order valence-corrected chi connectivity index (χ3v) is 3.86. The maximum Gasteiger partial charge on any atom is 0.340 e. The average molecular weight is 327 g/mol. The van der Waals surface area contributed by atoms with E-state index in [-0.39, 0.29) is 24.4 Å². The van der Waals surface area contributed by atoms with Gasteiger partial charge in [0.2, 0.25) is 5.92 Å². The molecule has 0 heterocycles. The predicted octanol–water partition coefficient (Wildman–Crippen LogP) is 3.47. The van der Waals surface area contributed by atoms with Gasteiger partial charge in [0.1, 0.15) is 0 Å². The Balaban J connectivity index is 0.00000200. The lowest BCUT2D eigenvalue weighted by Crippen LogP contribution is -2.42. The highest BCUT2D eigenvalue weighted by atomic mass is 35.5. The standard InChI is InChI=1S/C13H13ClF2O3.ClH/c14-10-3-1-8(2-4-10)13(19,11(17)18)9-5-6-12(15,16)7-9;/h1-4,9,19H,5-7H2,(H,17,18);1H/t9-,13+;/m1./s1. The van der Waals surface area contributed by atoms with E-state index in [1.165, 1.54) is 24.3 Å². The summed E-state index contributed by atoms with van der Waals surface area (Å²) >= 11 is 5.70. The number of benzene rings is 1. The van der Waals surface area contributed by atoms with Gasteiger partial charge in [-0.2, -0.15) is 0 Å². The highest BCUT2D eigenvalue weighted by Gasteiger charge is 2.53. The van der Waals surface area contributed by atoms with Gasteiger partial charge in [-0.3, -0.25) is 0 Å². The first-order chi connectivity index (χ1) is 8.75. The molecule has 7 heteroatoms. The Labute approximate surface area is 126 Å². The molecule has 1 saturated carbocycles. The van der Waals surface area contributed by atoms with Gasteiger partial charge in [-0.1, -0.05) is 23.7 Å². The number of carboxylic acid groups (broad SMARTS) is 1. The smallest absolute Gasteiger partial charge is 0.340 e. The van der Waals surface area contributed by atoms with Crippen LogP contribution >= 0.6 is 24.0 Å². The molecule has 0 bridgehead atoms. The molecule has 112 valence electrons. The van der Waals surface area contributed by atoms with Crippen molar-refractivity contribution in [1.29, 1.82) is 0 Å². The molecule has 2 N–H and O–H groups in total. The second kappa shape index (κ2) is 5.84. The Morgan fingerprint density at radius 2 is 1.90 bits per heavy atom. The molecule has 0 aromatic heterocycles. The van der Waals surface area contributed by atoms with Crippen LogP contribution in [-0.2, 0) is 10.4 Å². The van der Waals surface area contributed by atoms with Gasteiger partial charge in [0.15, 0.2) is 5.60 Å². The van der Waals surface area contributed by atoms with E-state index in [4.69, 9.17) is 11.6 Å². The number of aliphatic carboxylic acids is 1. The number of alkyl halides is 2. The fourth-order valence-corrected chi connectivity index (χ4v) is 2.67. The molecule has 2 atom stereocenters. The zero-order valence-corrected chi connectivity index (χ0v) is 11.9. The van der Waals surface area contributed by atoms with Crippen molar-refractivity contribution >= 4 is 30.0 Å². The van der Waals surface area contributed by atoms with E-state index >= 15 is 0 Å². The van der Waals surface area contributed by atoms with Crippen molar-refractivity contribution in [2.45, 2.75) is 30.8 Å². The van der Waals surface area contributed by atoms with Crippen LogP contribution in [0.5, 0.6) is 0 Å². The molecule has 1 aliphatic rings. The van der Waals surface area contributed by atoms with Gasteiger partial charge in [-0.15, -0.1) is 12.4 Å². The normalized spacial score (nSPS) is 23.7. The summed E-state index contributed by atoms with van der Waals surface area (Å²) in [7, 11) is 0. The van der Waals surface area contributed by atoms with Gasteiger partial charge in [-0.05, 0) is 24.1 Å². The fraction of sp³-hybridized carbons (Fsp3) is 0.462. The molecule has 0 saturated heterocycles. The monoisotopic (exact) mass is 326 g/mol. The largest absolute Gasteiger partial charge is 0.479 e. The van der Waals surface area contributed by atoms with Crippen LogP contribution in [0.2, 0.25) is 5.02 Å². The van der Waals surface area contributed by atoms with Crippen molar-refractivity contribution in [3.05, 3.63) is 34.9 Å². The molecule has 0 radical (unpaired) electrons. The van der Waals surface area contributed by atoms with Gasteiger partial charge < -0.3 is 10.2 Å². The molecular weight excluding hydrogens is 313 g/mol. The summed E-state index contributed by atoms with van der Waals surface area (Å²) in [4.78, 5) is 11.4. The molecule has 20 heavy (non-hydrogen) atoms. The van der Waals surface area contributed by atoms with E-state index in [1.54, 1.807) is 0 Å². The van der Waals surface area contributed by atoms with E-state index in [0.29, 0.717) is 5.02 Å². The van der Waals surface area contributed by atoms with Gasteiger partial charge >= 0.3 is 5.97 Å². The fourth-order valence-electron chi connectivity index (χ4n) is 2.54. The van der Waals surface area contributed by atoms with E-state index < -0.39 is 36.3 Å². The van der Waals surface area contributed by atoms with E-state index in [9.17, 15) is 23.8 Å². The van der Waals surface area contributed by atoms with Crippen molar-refractivity contribution in [2.75, 3.05) is 0 Å². The SMILES string of the molecule is Cl.O=C(O)[C@](O)(c1ccc(Cl)cc1)[C@@H]1CCC(F)(F)C1. The lowest BCUT2D eigenvalue weighted by atomic mass is 9.80. The van der Waals surface area contributed by atoms with Crippen LogP contribution in [-0.4, -0.2) is 22.1 Å². The summed E-state index contributed by atoms with van der Waals surface area (Å²) in [5, 5.41) is 20.0. The number of aliphatic hydroxyl groups is 1. The van der Waals surface area contributed by atoms with Gasteiger partial charge in [0, 0.05) is 23.8 Å². The Kier molecular flexibility index (Phi) is 5.00. The van der Waals surface area contributed by atoms with Crippen molar-refractivity contribution < 1.29 is 23.8 Å². The number of carboxylic acids is 1. The van der Waals surface area contributed by atoms with E-state index in [0.717, 1.165) is 0 Å². The number of hydrogen-bond acceptors (Lipinski definition) is 2. The maximum atomic E-state index is 13.2. The topological polar surface area (TPSA) is 57.5 Å². The van der Waals surface area contributed by atoms with Crippen LogP contribution in [0.15, 0.2) is 24.3 Å². The van der Waals surface area contributed by atoms with Crippen molar-refractivity contribution in [1.82, 2.24) is 0 Å².